The van der Waals surface area contributed by atoms with Gasteiger partial charge in [0.15, 0.2) is 0 Å². The molecule has 0 radical (unpaired) electrons. The van der Waals surface area contributed by atoms with Gasteiger partial charge in [0, 0.05) is 11.5 Å². The van der Waals surface area contributed by atoms with Crippen molar-refractivity contribution in [1.82, 2.24) is 5.32 Å². The van der Waals surface area contributed by atoms with Crippen LogP contribution < -0.4 is 11.1 Å². The van der Waals surface area contributed by atoms with Crippen LogP contribution in [0.15, 0.2) is 60.7 Å². The molecule has 2 nitrogen and oxygen atoms in total. The summed E-state index contributed by atoms with van der Waals surface area (Å²) >= 11 is 0. The molecule has 0 aromatic heterocycles. The molecule has 1 fully saturated rings. The lowest BCUT2D eigenvalue weighted by Gasteiger charge is -2.39. The summed E-state index contributed by atoms with van der Waals surface area (Å²) in [4.78, 5) is 0. The highest BCUT2D eigenvalue weighted by atomic mass is 14.9. The Bertz CT molecular complexity index is 517. The summed E-state index contributed by atoms with van der Waals surface area (Å²) in [5.41, 5.74) is 9.24. The second-order valence-corrected chi connectivity index (χ2v) is 6.31. The first-order chi connectivity index (χ1) is 10.2. The SMILES string of the molecule is CC(N)(C1CCNC1)C(c1ccccc1)c1ccccc1. The van der Waals surface area contributed by atoms with Crippen molar-refractivity contribution in [2.45, 2.75) is 24.8 Å². The quantitative estimate of drug-likeness (QED) is 0.903. The van der Waals surface area contributed by atoms with Crippen LogP contribution in [0.4, 0.5) is 0 Å². The fourth-order valence-electron chi connectivity index (χ4n) is 3.62. The van der Waals surface area contributed by atoms with Crippen LogP contribution in [0.2, 0.25) is 0 Å². The minimum atomic E-state index is -0.258. The fourth-order valence-corrected chi connectivity index (χ4v) is 3.62. The first kappa shape index (κ1) is 14.3. The van der Waals surface area contributed by atoms with E-state index in [0.29, 0.717) is 5.92 Å². The maximum atomic E-state index is 6.89. The van der Waals surface area contributed by atoms with E-state index in [0.717, 1.165) is 19.5 Å². The van der Waals surface area contributed by atoms with Crippen molar-refractivity contribution < 1.29 is 0 Å². The summed E-state index contributed by atoms with van der Waals surface area (Å²) in [5.74, 6) is 0.729. The monoisotopic (exact) mass is 280 g/mol. The number of benzene rings is 2. The van der Waals surface area contributed by atoms with Crippen LogP contribution in [0.3, 0.4) is 0 Å². The Morgan fingerprint density at radius 1 is 1.00 bits per heavy atom. The van der Waals surface area contributed by atoms with Gasteiger partial charge in [-0.3, -0.25) is 0 Å². The third kappa shape index (κ3) is 2.87. The molecule has 0 aliphatic carbocycles. The van der Waals surface area contributed by atoms with Crippen LogP contribution in [0.1, 0.15) is 30.4 Å². The summed E-state index contributed by atoms with van der Waals surface area (Å²) < 4.78 is 0. The Labute approximate surface area is 127 Å². The molecule has 21 heavy (non-hydrogen) atoms. The highest BCUT2D eigenvalue weighted by Crippen LogP contribution is 2.39. The van der Waals surface area contributed by atoms with Crippen LogP contribution >= 0.6 is 0 Å². The van der Waals surface area contributed by atoms with E-state index in [9.17, 15) is 0 Å². The van der Waals surface area contributed by atoms with E-state index in [1.54, 1.807) is 0 Å². The Hall–Kier alpha value is -1.64. The predicted octanol–water partition coefficient (Wildman–Crippen LogP) is 3.15. The smallest absolute Gasteiger partial charge is 0.0277 e. The second-order valence-electron chi connectivity index (χ2n) is 6.31. The zero-order valence-electron chi connectivity index (χ0n) is 12.6. The van der Waals surface area contributed by atoms with Gasteiger partial charge in [0.2, 0.25) is 0 Å². The number of hydrogen-bond donors (Lipinski definition) is 2. The van der Waals surface area contributed by atoms with Crippen molar-refractivity contribution in [3.63, 3.8) is 0 Å². The fraction of sp³-hybridized carbons (Fsp3) is 0.368. The number of hydrogen-bond acceptors (Lipinski definition) is 2. The van der Waals surface area contributed by atoms with E-state index in [1.165, 1.54) is 11.1 Å². The summed E-state index contributed by atoms with van der Waals surface area (Å²) in [6, 6.07) is 21.4. The number of nitrogens with two attached hydrogens (primary N) is 1. The molecular weight excluding hydrogens is 256 g/mol. The second kappa shape index (κ2) is 6.00. The summed E-state index contributed by atoms with van der Waals surface area (Å²) in [5, 5.41) is 3.46. The molecule has 3 N–H and O–H groups in total. The molecule has 2 aromatic rings. The molecule has 2 atom stereocenters. The molecule has 1 heterocycles. The third-order valence-electron chi connectivity index (χ3n) is 4.83. The Morgan fingerprint density at radius 2 is 1.52 bits per heavy atom. The van der Waals surface area contributed by atoms with Crippen LogP contribution in [-0.2, 0) is 0 Å². The van der Waals surface area contributed by atoms with Crippen molar-refractivity contribution in [3.05, 3.63) is 71.8 Å². The largest absolute Gasteiger partial charge is 0.324 e. The van der Waals surface area contributed by atoms with Crippen LogP contribution in [0, 0.1) is 5.92 Å². The highest BCUT2D eigenvalue weighted by molar-refractivity contribution is 5.37. The lowest BCUT2D eigenvalue weighted by Crippen LogP contribution is -2.50. The molecule has 110 valence electrons. The van der Waals surface area contributed by atoms with Gasteiger partial charge in [0.1, 0.15) is 0 Å². The zero-order valence-corrected chi connectivity index (χ0v) is 12.6. The van der Waals surface area contributed by atoms with Crippen molar-refractivity contribution in [1.29, 1.82) is 0 Å². The van der Waals surface area contributed by atoms with Gasteiger partial charge in [-0.15, -0.1) is 0 Å². The van der Waals surface area contributed by atoms with Crippen LogP contribution in [0.25, 0.3) is 0 Å². The van der Waals surface area contributed by atoms with E-state index in [2.05, 4.69) is 72.9 Å². The standard InChI is InChI=1S/C19H24N2/c1-19(20,17-12-13-21-14-17)18(15-8-4-2-5-9-15)16-10-6-3-7-11-16/h2-11,17-18,21H,12-14,20H2,1H3. The van der Waals surface area contributed by atoms with E-state index in [4.69, 9.17) is 5.73 Å². The summed E-state index contributed by atoms with van der Waals surface area (Å²) in [7, 11) is 0. The minimum absolute atomic E-state index is 0.227. The topological polar surface area (TPSA) is 38.0 Å². The molecule has 0 saturated carbocycles. The van der Waals surface area contributed by atoms with Crippen molar-refractivity contribution in [2.75, 3.05) is 13.1 Å². The maximum absolute atomic E-state index is 6.89. The van der Waals surface area contributed by atoms with Gasteiger partial charge in [-0.2, -0.15) is 0 Å². The lowest BCUT2D eigenvalue weighted by molar-refractivity contribution is 0.283. The van der Waals surface area contributed by atoms with Crippen molar-refractivity contribution in [2.24, 2.45) is 11.7 Å². The van der Waals surface area contributed by atoms with E-state index in [-0.39, 0.29) is 11.5 Å². The highest BCUT2D eigenvalue weighted by Gasteiger charge is 2.40. The molecule has 2 unspecified atom stereocenters. The molecule has 2 aromatic carbocycles. The molecule has 0 spiro atoms. The first-order valence-corrected chi connectivity index (χ1v) is 7.79. The van der Waals surface area contributed by atoms with Crippen LogP contribution in [-0.4, -0.2) is 18.6 Å². The van der Waals surface area contributed by atoms with Gasteiger partial charge in [0.25, 0.3) is 0 Å². The Morgan fingerprint density at radius 3 is 1.95 bits per heavy atom. The van der Waals surface area contributed by atoms with Gasteiger partial charge in [-0.25, -0.2) is 0 Å². The average molecular weight is 280 g/mol. The molecule has 2 heteroatoms. The lowest BCUT2D eigenvalue weighted by atomic mass is 9.69. The summed E-state index contributed by atoms with van der Waals surface area (Å²) in [6.07, 6.45) is 1.16. The van der Waals surface area contributed by atoms with Gasteiger partial charge < -0.3 is 11.1 Å². The van der Waals surface area contributed by atoms with Gasteiger partial charge in [0.05, 0.1) is 0 Å². The molecular formula is C19H24N2. The normalized spacial score (nSPS) is 21.4. The third-order valence-corrected chi connectivity index (χ3v) is 4.83. The van der Waals surface area contributed by atoms with Gasteiger partial charge >= 0.3 is 0 Å². The average Bonchev–Trinajstić information content (AvgIpc) is 3.04. The van der Waals surface area contributed by atoms with Crippen molar-refractivity contribution in [3.8, 4) is 0 Å². The predicted molar refractivity (Wildman–Crippen MR) is 88.3 cm³/mol. The first-order valence-electron chi connectivity index (χ1n) is 7.79. The van der Waals surface area contributed by atoms with Gasteiger partial charge in [-0.05, 0) is 43.5 Å². The molecule has 1 aliphatic rings. The molecule has 0 bridgehead atoms. The number of rotatable bonds is 4. The molecule has 3 rings (SSSR count). The van der Waals surface area contributed by atoms with Crippen LogP contribution in [0.5, 0.6) is 0 Å². The van der Waals surface area contributed by atoms with E-state index >= 15 is 0 Å². The Kier molecular flexibility index (Phi) is 4.09. The van der Waals surface area contributed by atoms with E-state index in [1.807, 2.05) is 0 Å². The van der Waals surface area contributed by atoms with Gasteiger partial charge in [-0.1, -0.05) is 60.7 Å². The minimum Gasteiger partial charge on any atom is -0.324 e. The number of nitrogens with one attached hydrogen (secondary N) is 1. The summed E-state index contributed by atoms with van der Waals surface area (Å²) in [6.45, 7) is 4.31. The van der Waals surface area contributed by atoms with Crippen molar-refractivity contribution >= 4 is 0 Å². The zero-order chi connectivity index (χ0) is 14.7. The maximum Gasteiger partial charge on any atom is 0.0277 e. The molecule has 1 saturated heterocycles. The Balaban J connectivity index is 2.04. The molecule has 1 aliphatic heterocycles. The van der Waals surface area contributed by atoms with E-state index < -0.39 is 0 Å². The molecule has 0 amide bonds.